The number of rotatable bonds is 6. The highest BCUT2D eigenvalue weighted by Gasteiger charge is 2.23. The van der Waals surface area contributed by atoms with Crippen LogP contribution in [0, 0.1) is 16.0 Å². The maximum absolute atomic E-state index is 11.1. The molecular weight excluding hydrogens is 232 g/mol. The highest BCUT2D eigenvalue weighted by atomic mass is 16.6. The summed E-state index contributed by atoms with van der Waals surface area (Å²) in [6.45, 7) is 3.04. The van der Waals surface area contributed by atoms with Crippen LogP contribution in [0.4, 0.5) is 11.4 Å². The van der Waals surface area contributed by atoms with E-state index in [0.717, 1.165) is 6.54 Å². The fourth-order valence-electron chi connectivity index (χ4n) is 2.08. The quantitative estimate of drug-likeness (QED) is 0.622. The zero-order valence-corrected chi connectivity index (χ0v) is 10.5. The maximum atomic E-state index is 11.1. The second-order valence-electron chi connectivity index (χ2n) is 4.52. The van der Waals surface area contributed by atoms with E-state index in [1.807, 2.05) is 6.92 Å². The van der Waals surface area contributed by atoms with E-state index in [4.69, 9.17) is 4.74 Å². The van der Waals surface area contributed by atoms with Crippen molar-refractivity contribution in [1.29, 1.82) is 0 Å². The minimum Gasteiger partial charge on any atom is -0.487 e. The van der Waals surface area contributed by atoms with Crippen LogP contribution in [-0.2, 0) is 0 Å². The third-order valence-electron chi connectivity index (χ3n) is 3.29. The number of nitro groups is 1. The lowest BCUT2D eigenvalue weighted by atomic mass is 9.85. The lowest BCUT2D eigenvalue weighted by Crippen LogP contribution is -2.21. The predicted molar refractivity (Wildman–Crippen MR) is 70.1 cm³/mol. The average Bonchev–Trinajstić information content (AvgIpc) is 2.27. The van der Waals surface area contributed by atoms with Gasteiger partial charge in [0.1, 0.15) is 5.69 Å². The molecule has 1 aromatic carbocycles. The summed E-state index contributed by atoms with van der Waals surface area (Å²) in [6.07, 6.45) is 3.70. The van der Waals surface area contributed by atoms with Gasteiger partial charge in [-0.15, -0.1) is 0 Å². The summed E-state index contributed by atoms with van der Waals surface area (Å²) in [7, 11) is 0. The van der Waals surface area contributed by atoms with E-state index < -0.39 is 0 Å². The number of nitrogens with one attached hydrogen (secondary N) is 1. The summed E-state index contributed by atoms with van der Waals surface area (Å²) >= 11 is 0. The summed E-state index contributed by atoms with van der Waals surface area (Å²) in [6, 6.07) is 5.15. The normalized spacial score (nSPS) is 14.9. The smallest absolute Gasteiger partial charge is 0.333 e. The van der Waals surface area contributed by atoms with Gasteiger partial charge in [-0.2, -0.15) is 0 Å². The molecule has 0 amide bonds. The molecule has 98 valence electrons. The molecule has 0 aliphatic heterocycles. The van der Waals surface area contributed by atoms with Gasteiger partial charge in [0.15, 0.2) is 5.75 Å². The largest absolute Gasteiger partial charge is 0.487 e. The molecule has 0 aromatic heterocycles. The van der Waals surface area contributed by atoms with E-state index >= 15 is 0 Å². The highest BCUT2D eigenvalue weighted by Crippen LogP contribution is 2.35. The van der Waals surface area contributed by atoms with Gasteiger partial charge in [0.05, 0.1) is 11.5 Å². The van der Waals surface area contributed by atoms with E-state index in [1.165, 1.54) is 19.3 Å². The Bertz CT molecular complexity index is 430. The number of para-hydroxylation sites is 1. The Hall–Kier alpha value is -1.78. The molecule has 0 radical (unpaired) electrons. The second-order valence-corrected chi connectivity index (χ2v) is 4.52. The predicted octanol–water partition coefficient (Wildman–Crippen LogP) is 3.21. The number of nitro benzene ring substituents is 1. The van der Waals surface area contributed by atoms with Crippen molar-refractivity contribution in [3.8, 4) is 5.75 Å². The van der Waals surface area contributed by atoms with Crippen molar-refractivity contribution >= 4 is 11.4 Å². The first-order valence-electron chi connectivity index (χ1n) is 6.36. The first kappa shape index (κ1) is 12.7. The van der Waals surface area contributed by atoms with Gasteiger partial charge in [-0.05, 0) is 37.8 Å². The van der Waals surface area contributed by atoms with Crippen molar-refractivity contribution in [2.24, 2.45) is 5.92 Å². The molecule has 5 heteroatoms. The van der Waals surface area contributed by atoms with Crippen molar-refractivity contribution in [3.63, 3.8) is 0 Å². The Labute approximate surface area is 106 Å². The molecule has 5 nitrogen and oxygen atoms in total. The Morgan fingerprint density at radius 3 is 2.83 bits per heavy atom. The Balaban J connectivity index is 2.15. The van der Waals surface area contributed by atoms with E-state index in [-0.39, 0.29) is 10.6 Å². The van der Waals surface area contributed by atoms with Gasteiger partial charge < -0.3 is 10.1 Å². The number of anilines is 1. The molecule has 2 rings (SSSR count). The van der Waals surface area contributed by atoms with Crippen molar-refractivity contribution in [3.05, 3.63) is 28.3 Å². The number of hydrogen-bond donors (Lipinski definition) is 1. The molecule has 1 N–H and O–H groups in total. The molecule has 0 atom stereocenters. The summed E-state index contributed by atoms with van der Waals surface area (Å²) < 4.78 is 5.30. The number of nitrogens with zero attached hydrogens (tertiary/aromatic N) is 1. The van der Waals surface area contributed by atoms with Crippen molar-refractivity contribution < 1.29 is 9.66 Å². The van der Waals surface area contributed by atoms with E-state index in [2.05, 4.69) is 5.32 Å². The Kier molecular flexibility index (Phi) is 4.02. The van der Waals surface area contributed by atoms with Crippen LogP contribution in [0.3, 0.4) is 0 Å². The van der Waals surface area contributed by atoms with Crippen LogP contribution in [0.2, 0.25) is 0 Å². The van der Waals surface area contributed by atoms with Crippen LogP contribution < -0.4 is 10.1 Å². The van der Waals surface area contributed by atoms with Crippen LogP contribution in [0.15, 0.2) is 18.2 Å². The zero-order chi connectivity index (χ0) is 13.0. The first-order chi connectivity index (χ1) is 8.72. The van der Waals surface area contributed by atoms with Crippen molar-refractivity contribution in [1.82, 2.24) is 0 Å². The van der Waals surface area contributed by atoms with Gasteiger partial charge in [-0.25, -0.2) is 0 Å². The molecule has 0 spiro atoms. The number of ether oxygens (including phenoxy) is 1. The second kappa shape index (κ2) is 5.71. The Morgan fingerprint density at radius 2 is 2.28 bits per heavy atom. The summed E-state index contributed by atoms with van der Waals surface area (Å²) in [4.78, 5) is 10.8. The molecule has 0 saturated heterocycles. The molecule has 1 aliphatic carbocycles. The lowest BCUT2D eigenvalue weighted by Gasteiger charge is -2.25. The van der Waals surface area contributed by atoms with Crippen LogP contribution in [0.1, 0.15) is 26.2 Å². The van der Waals surface area contributed by atoms with Crippen LogP contribution in [-0.4, -0.2) is 18.1 Å². The molecule has 1 aromatic rings. The highest BCUT2D eigenvalue weighted by molar-refractivity contribution is 5.68. The number of benzene rings is 1. The molecule has 0 bridgehead atoms. The third kappa shape index (κ3) is 2.72. The van der Waals surface area contributed by atoms with Crippen molar-refractivity contribution in [2.45, 2.75) is 26.2 Å². The third-order valence-corrected chi connectivity index (χ3v) is 3.29. The topological polar surface area (TPSA) is 64.4 Å². The van der Waals surface area contributed by atoms with Crippen LogP contribution in [0.5, 0.6) is 5.75 Å². The van der Waals surface area contributed by atoms with E-state index in [9.17, 15) is 10.1 Å². The Morgan fingerprint density at radius 1 is 1.50 bits per heavy atom. The maximum Gasteiger partial charge on any atom is 0.333 e. The molecule has 0 heterocycles. The molecule has 1 saturated carbocycles. The zero-order valence-electron chi connectivity index (χ0n) is 10.5. The average molecular weight is 250 g/mol. The molecule has 1 fully saturated rings. The number of hydrogen-bond acceptors (Lipinski definition) is 4. The van der Waals surface area contributed by atoms with E-state index in [1.54, 1.807) is 18.2 Å². The van der Waals surface area contributed by atoms with Crippen LogP contribution >= 0.6 is 0 Å². The van der Waals surface area contributed by atoms with E-state index in [0.29, 0.717) is 24.0 Å². The SMILES string of the molecule is CCOc1cccc(NCC2CCC2)c1[N+](=O)[O-]. The van der Waals surface area contributed by atoms with Gasteiger partial charge in [0, 0.05) is 6.54 Å². The monoisotopic (exact) mass is 250 g/mol. The van der Waals surface area contributed by atoms with Crippen molar-refractivity contribution in [2.75, 3.05) is 18.5 Å². The summed E-state index contributed by atoms with van der Waals surface area (Å²) in [5.41, 5.74) is 0.594. The molecule has 1 aliphatic rings. The van der Waals surface area contributed by atoms with Gasteiger partial charge in [0.25, 0.3) is 0 Å². The molecule has 18 heavy (non-hydrogen) atoms. The van der Waals surface area contributed by atoms with Gasteiger partial charge in [0.2, 0.25) is 0 Å². The molecular formula is C13H18N2O3. The van der Waals surface area contributed by atoms with Crippen LogP contribution in [0.25, 0.3) is 0 Å². The summed E-state index contributed by atoms with van der Waals surface area (Å²) in [5.74, 6) is 0.987. The minimum absolute atomic E-state index is 0.0404. The fraction of sp³-hybridized carbons (Fsp3) is 0.538. The van der Waals surface area contributed by atoms with Gasteiger partial charge in [-0.3, -0.25) is 10.1 Å². The lowest BCUT2D eigenvalue weighted by molar-refractivity contribution is -0.384. The first-order valence-corrected chi connectivity index (χ1v) is 6.36. The minimum atomic E-state index is -0.381. The summed E-state index contributed by atoms with van der Waals surface area (Å²) in [5, 5.41) is 14.3. The standard InChI is InChI=1S/C13H18N2O3/c1-2-18-12-8-4-7-11(13(12)15(16)17)14-9-10-5-3-6-10/h4,7-8,10,14H,2-3,5-6,9H2,1H3. The van der Waals surface area contributed by atoms with Gasteiger partial charge in [-0.1, -0.05) is 12.5 Å². The molecule has 0 unspecified atom stereocenters. The fourth-order valence-corrected chi connectivity index (χ4v) is 2.08. The van der Waals surface area contributed by atoms with Gasteiger partial charge >= 0.3 is 5.69 Å².